The fraction of sp³-hybridized carbons (Fsp3) is 0.615. The van der Waals surface area contributed by atoms with Crippen molar-refractivity contribution in [2.24, 2.45) is 5.92 Å². The fourth-order valence-electron chi connectivity index (χ4n) is 2.61. The van der Waals surface area contributed by atoms with Crippen molar-refractivity contribution in [2.45, 2.75) is 25.1 Å². The molecule has 0 aliphatic carbocycles. The van der Waals surface area contributed by atoms with Crippen molar-refractivity contribution in [2.75, 3.05) is 20.3 Å². The highest BCUT2D eigenvalue weighted by atomic mass is 19.4. The van der Waals surface area contributed by atoms with E-state index in [2.05, 4.69) is 10.3 Å². The molecule has 6 heteroatoms. The van der Waals surface area contributed by atoms with Crippen molar-refractivity contribution in [1.82, 2.24) is 10.3 Å². The number of ether oxygens (including phenoxy) is 1. The number of aromatic nitrogens is 1. The van der Waals surface area contributed by atoms with E-state index in [1.165, 1.54) is 12.4 Å². The van der Waals surface area contributed by atoms with Gasteiger partial charge >= 0.3 is 6.18 Å². The van der Waals surface area contributed by atoms with Gasteiger partial charge in [-0.1, -0.05) is 0 Å². The highest BCUT2D eigenvalue weighted by Gasteiger charge is 2.37. The quantitative estimate of drug-likeness (QED) is 0.920. The van der Waals surface area contributed by atoms with Crippen LogP contribution in [0.25, 0.3) is 0 Å². The lowest BCUT2D eigenvalue weighted by Crippen LogP contribution is -2.31. The summed E-state index contributed by atoms with van der Waals surface area (Å²) in [6.45, 7) is 1.20. The van der Waals surface area contributed by atoms with Crippen molar-refractivity contribution >= 4 is 0 Å². The molecule has 1 atom stereocenters. The first kappa shape index (κ1) is 14.3. The summed E-state index contributed by atoms with van der Waals surface area (Å²) in [4.78, 5) is 3.85. The van der Waals surface area contributed by atoms with Crippen molar-refractivity contribution in [3.05, 3.63) is 29.6 Å². The second kappa shape index (κ2) is 5.88. The number of nitrogens with one attached hydrogen (secondary N) is 1. The fourth-order valence-corrected chi connectivity index (χ4v) is 2.61. The predicted molar refractivity (Wildman–Crippen MR) is 64.6 cm³/mol. The van der Waals surface area contributed by atoms with Crippen LogP contribution in [0.15, 0.2) is 18.5 Å². The molecule has 0 saturated carbocycles. The first-order valence-corrected chi connectivity index (χ1v) is 6.30. The number of hydrogen-bond acceptors (Lipinski definition) is 3. The van der Waals surface area contributed by atoms with Crippen molar-refractivity contribution < 1.29 is 17.9 Å². The van der Waals surface area contributed by atoms with Gasteiger partial charge in [-0.15, -0.1) is 0 Å². The Balaban J connectivity index is 2.32. The van der Waals surface area contributed by atoms with Gasteiger partial charge in [-0.2, -0.15) is 13.2 Å². The average Bonchev–Trinajstić information content (AvgIpc) is 2.40. The van der Waals surface area contributed by atoms with Crippen molar-refractivity contribution in [3.8, 4) is 0 Å². The molecular weight excluding hydrogens is 257 g/mol. The topological polar surface area (TPSA) is 34.2 Å². The monoisotopic (exact) mass is 274 g/mol. The van der Waals surface area contributed by atoms with Gasteiger partial charge in [-0.25, -0.2) is 0 Å². The molecule has 0 amide bonds. The summed E-state index contributed by atoms with van der Waals surface area (Å²) in [5.41, 5.74) is -0.377. The van der Waals surface area contributed by atoms with Crippen LogP contribution in [0.2, 0.25) is 0 Å². The molecule has 1 aromatic rings. The minimum Gasteiger partial charge on any atom is -0.381 e. The molecule has 3 nitrogen and oxygen atoms in total. The lowest BCUT2D eigenvalue weighted by Gasteiger charge is -2.31. The predicted octanol–water partition coefficient (Wildman–Crippen LogP) is 2.79. The molecule has 19 heavy (non-hydrogen) atoms. The van der Waals surface area contributed by atoms with Crippen LogP contribution in [0.5, 0.6) is 0 Å². The summed E-state index contributed by atoms with van der Waals surface area (Å²) in [5.74, 6) is 0.143. The molecule has 0 spiro atoms. The Morgan fingerprint density at radius 3 is 2.63 bits per heavy atom. The summed E-state index contributed by atoms with van der Waals surface area (Å²) < 4.78 is 44.4. The van der Waals surface area contributed by atoms with Crippen LogP contribution in [0.4, 0.5) is 13.2 Å². The van der Waals surface area contributed by atoms with E-state index >= 15 is 0 Å². The van der Waals surface area contributed by atoms with Crippen LogP contribution in [-0.4, -0.2) is 25.2 Å². The zero-order valence-electron chi connectivity index (χ0n) is 10.7. The first-order valence-electron chi connectivity index (χ1n) is 6.30. The van der Waals surface area contributed by atoms with Gasteiger partial charge in [0.05, 0.1) is 5.56 Å². The Labute approximate surface area is 110 Å². The molecule has 2 rings (SSSR count). The van der Waals surface area contributed by atoms with Crippen LogP contribution < -0.4 is 5.32 Å². The Kier molecular flexibility index (Phi) is 4.42. The summed E-state index contributed by atoms with van der Waals surface area (Å²) >= 11 is 0. The minimum atomic E-state index is -4.35. The highest BCUT2D eigenvalue weighted by Crippen LogP contribution is 2.38. The smallest absolute Gasteiger partial charge is 0.381 e. The average molecular weight is 274 g/mol. The first-order chi connectivity index (χ1) is 9.04. The molecule has 0 radical (unpaired) electrons. The molecule has 0 bridgehead atoms. The van der Waals surface area contributed by atoms with E-state index in [1.807, 2.05) is 0 Å². The lowest BCUT2D eigenvalue weighted by molar-refractivity contribution is -0.138. The third kappa shape index (κ3) is 3.25. The number of rotatable bonds is 3. The molecule has 1 aromatic heterocycles. The molecular formula is C13H17F3N2O. The van der Waals surface area contributed by atoms with Gasteiger partial charge < -0.3 is 10.1 Å². The van der Waals surface area contributed by atoms with Gasteiger partial charge in [-0.3, -0.25) is 4.98 Å². The molecule has 1 aliphatic rings. The lowest BCUT2D eigenvalue weighted by atomic mass is 9.86. The van der Waals surface area contributed by atoms with E-state index in [-0.39, 0.29) is 17.5 Å². The van der Waals surface area contributed by atoms with E-state index in [9.17, 15) is 13.2 Å². The zero-order valence-corrected chi connectivity index (χ0v) is 10.7. The number of hydrogen-bond donors (Lipinski definition) is 1. The van der Waals surface area contributed by atoms with E-state index in [0.717, 1.165) is 18.9 Å². The Bertz CT molecular complexity index is 417. The van der Waals surface area contributed by atoms with Crippen LogP contribution in [0.1, 0.15) is 30.0 Å². The summed E-state index contributed by atoms with van der Waals surface area (Å²) in [6.07, 6.45) is -0.323. The molecule has 1 saturated heterocycles. The maximum atomic E-state index is 13.0. The van der Waals surface area contributed by atoms with Gasteiger partial charge in [0, 0.05) is 31.6 Å². The van der Waals surface area contributed by atoms with Crippen LogP contribution in [0.3, 0.4) is 0 Å². The summed E-state index contributed by atoms with van der Waals surface area (Å²) in [7, 11) is 1.69. The van der Waals surface area contributed by atoms with Gasteiger partial charge in [0.15, 0.2) is 0 Å². The molecule has 106 valence electrons. The molecule has 1 fully saturated rings. The zero-order chi connectivity index (χ0) is 13.9. The number of halogens is 3. The maximum Gasteiger partial charge on any atom is 0.416 e. The van der Waals surface area contributed by atoms with Gasteiger partial charge in [0.1, 0.15) is 0 Å². The normalized spacial score (nSPS) is 19.4. The molecule has 0 aromatic carbocycles. The Morgan fingerprint density at radius 1 is 1.37 bits per heavy atom. The van der Waals surface area contributed by atoms with Crippen LogP contribution in [0, 0.1) is 5.92 Å². The third-order valence-corrected chi connectivity index (χ3v) is 3.54. The second-order valence-electron chi connectivity index (χ2n) is 4.68. The SMILES string of the molecule is CNC(c1cnccc1C(F)(F)F)C1CCOCC1. The summed E-state index contributed by atoms with van der Waals surface area (Å²) in [5, 5.41) is 3.00. The number of nitrogens with zero attached hydrogens (tertiary/aromatic N) is 1. The standard InChI is InChI=1S/C13H17F3N2O/c1-17-12(9-3-6-19-7-4-9)10-8-18-5-2-11(10)13(14,15)16/h2,5,8-9,12,17H,3-4,6-7H2,1H3. The van der Waals surface area contributed by atoms with E-state index in [4.69, 9.17) is 4.74 Å². The minimum absolute atomic E-state index is 0.143. The number of pyridine rings is 1. The van der Waals surface area contributed by atoms with Crippen molar-refractivity contribution in [3.63, 3.8) is 0 Å². The molecule has 2 heterocycles. The Hall–Kier alpha value is -1.14. The van der Waals surface area contributed by atoms with Crippen molar-refractivity contribution in [1.29, 1.82) is 0 Å². The second-order valence-corrected chi connectivity index (χ2v) is 4.68. The van der Waals surface area contributed by atoms with Gasteiger partial charge in [0.25, 0.3) is 0 Å². The molecule has 1 N–H and O–H groups in total. The van der Waals surface area contributed by atoms with E-state index in [1.54, 1.807) is 7.05 Å². The van der Waals surface area contributed by atoms with Gasteiger partial charge in [-0.05, 0) is 37.4 Å². The summed E-state index contributed by atoms with van der Waals surface area (Å²) in [6, 6.07) is 0.702. The van der Waals surface area contributed by atoms with Crippen LogP contribution >= 0.6 is 0 Å². The maximum absolute atomic E-state index is 13.0. The molecule has 1 aliphatic heterocycles. The molecule has 1 unspecified atom stereocenters. The number of alkyl halides is 3. The van der Waals surface area contributed by atoms with E-state index in [0.29, 0.717) is 13.2 Å². The third-order valence-electron chi connectivity index (χ3n) is 3.54. The highest BCUT2D eigenvalue weighted by molar-refractivity contribution is 5.30. The van der Waals surface area contributed by atoms with Crippen LogP contribution in [-0.2, 0) is 10.9 Å². The van der Waals surface area contributed by atoms with E-state index < -0.39 is 11.7 Å². The Morgan fingerprint density at radius 2 is 2.05 bits per heavy atom. The largest absolute Gasteiger partial charge is 0.416 e. The van der Waals surface area contributed by atoms with Gasteiger partial charge in [0.2, 0.25) is 0 Å².